The zero-order valence-corrected chi connectivity index (χ0v) is 12.6. The summed E-state index contributed by atoms with van der Waals surface area (Å²) in [7, 11) is 3.76. The van der Waals surface area contributed by atoms with Gasteiger partial charge in [-0.3, -0.25) is 9.59 Å². The number of carboxylic acid groups (broad SMARTS) is 1. The molecule has 0 atom stereocenters. The van der Waals surface area contributed by atoms with Crippen molar-refractivity contribution in [2.75, 3.05) is 33.7 Å². The largest absolute Gasteiger partial charge is 0.480 e. The van der Waals surface area contributed by atoms with Gasteiger partial charge >= 0.3 is 5.97 Å². The first-order valence-corrected chi connectivity index (χ1v) is 6.97. The van der Waals surface area contributed by atoms with E-state index in [0.717, 1.165) is 3.79 Å². The van der Waals surface area contributed by atoms with Gasteiger partial charge in [-0.05, 0) is 36.1 Å². The second-order valence-corrected chi connectivity index (χ2v) is 6.35. The van der Waals surface area contributed by atoms with Crippen molar-refractivity contribution in [3.05, 3.63) is 20.8 Å². The Bertz CT molecular complexity index is 434. The summed E-state index contributed by atoms with van der Waals surface area (Å²) in [5.41, 5.74) is 0.520. The van der Waals surface area contributed by atoms with Crippen molar-refractivity contribution in [1.29, 1.82) is 0 Å². The Morgan fingerprint density at radius 1 is 1.39 bits per heavy atom. The van der Waals surface area contributed by atoms with Gasteiger partial charge in [0.05, 0.1) is 9.35 Å². The number of amides is 1. The number of carbonyl (C=O) groups is 2. The summed E-state index contributed by atoms with van der Waals surface area (Å²) in [6.07, 6.45) is 0. The van der Waals surface area contributed by atoms with Crippen molar-refractivity contribution in [2.45, 2.75) is 0 Å². The van der Waals surface area contributed by atoms with E-state index in [0.29, 0.717) is 18.7 Å². The molecule has 1 N–H and O–H groups in total. The van der Waals surface area contributed by atoms with Crippen LogP contribution in [0.2, 0.25) is 0 Å². The van der Waals surface area contributed by atoms with Crippen LogP contribution in [0.15, 0.2) is 15.2 Å². The van der Waals surface area contributed by atoms with Crippen LogP contribution in [0.3, 0.4) is 0 Å². The average molecular weight is 335 g/mol. The number of carbonyl (C=O) groups excluding carboxylic acids is 1. The van der Waals surface area contributed by atoms with E-state index in [1.54, 1.807) is 11.4 Å². The molecule has 0 bridgehead atoms. The SMILES string of the molecule is CN(C)CCN(CC(=O)O)C(=O)c1csc(Br)c1. The molecule has 1 heterocycles. The van der Waals surface area contributed by atoms with Crippen LogP contribution in [0.1, 0.15) is 10.4 Å². The fourth-order valence-electron chi connectivity index (χ4n) is 1.34. The molecule has 0 radical (unpaired) electrons. The van der Waals surface area contributed by atoms with Crippen molar-refractivity contribution in [1.82, 2.24) is 9.80 Å². The number of thiophene rings is 1. The van der Waals surface area contributed by atoms with Gasteiger partial charge in [0.25, 0.3) is 5.91 Å². The van der Waals surface area contributed by atoms with E-state index in [1.807, 2.05) is 19.0 Å². The molecule has 0 spiro atoms. The normalized spacial score (nSPS) is 10.7. The topological polar surface area (TPSA) is 60.9 Å². The van der Waals surface area contributed by atoms with Crippen LogP contribution in [-0.2, 0) is 4.79 Å². The lowest BCUT2D eigenvalue weighted by Gasteiger charge is -2.22. The predicted octanol–water partition coefficient (Wildman–Crippen LogP) is 1.60. The molecule has 0 saturated heterocycles. The Labute approximate surface area is 118 Å². The Balaban J connectivity index is 2.75. The molecule has 0 aliphatic rings. The van der Waals surface area contributed by atoms with E-state index < -0.39 is 5.97 Å². The van der Waals surface area contributed by atoms with Gasteiger partial charge in [0.2, 0.25) is 0 Å². The Morgan fingerprint density at radius 2 is 2.06 bits per heavy atom. The third kappa shape index (κ3) is 4.75. The number of hydrogen-bond donors (Lipinski definition) is 1. The minimum atomic E-state index is -1.00. The molecule has 0 saturated carbocycles. The first-order valence-electron chi connectivity index (χ1n) is 5.30. The van der Waals surface area contributed by atoms with Crippen LogP contribution in [0.5, 0.6) is 0 Å². The van der Waals surface area contributed by atoms with Crippen molar-refractivity contribution >= 4 is 39.1 Å². The predicted molar refractivity (Wildman–Crippen MR) is 74.1 cm³/mol. The summed E-state index contributed by atoms with van der Waals surface area (Å²) in [5, 5.41) is 10.6. The monoisotopic (exact) mass is 334 g/mol. The number of rotatable bonds is 6. The molecule has 100 valence electrons. The van der Waals surface area contributed by atoms with Crippen LogP contribution in [0.25, 0.3) is 0 Å². The van der Waals surface area contributed by atoms with E-state index in [1.165, 1.54) is 16.2 Å². The molecule has 0 fully saturated rings. The lowest BCUT2D eigenvalue weighted by atomic mass is 10.3. The molecule has 1 aromatic rings. The first-order chi connectivity index (χ1) is 8.40. The molecular formula is C11H15BrN2O3S. The maximum absolute atomic E-state index is 12.1. The average Bonchev–Trinajstić information content (AvgIpc) is 2.69. The summed E-state index contributed by atoms with van der Waals surface area (Å²) in [4.78, 5) is 26.2. The second kappa shape index (κ2) is 6.86. The van der Waals surface area contributed by atoms with Crippen LogP contribution < -0.4 is 0 Å². The minimum absolute atomic E-state index is 0.249. The highest BCUT2D eigenvalue weighted by molar-refractivity contribution is 9.11. The zero-order valence-electron chi connectivity index (χ0n) is 10.2. The van der Waals surface area contributed by atoms with Gasteiger partial charge in [-0.1, -0.05) is 0 Å². The van der Waals surface area contributed by atoms with Crippen LogP contribution in [0, 0.1) is 0 Å². The lowest BCUT2D eigenvalue weighted by Crippen LogP contribution is -2.39. The maximum atomic E-state index is 12.1. The number of hydrogen-bond acceptors (Lipinski definition) is 4. The third-order valence-electron chi connectivity index (χ3n) is 2.24. The van der Waals surface area contributed by atoms with E-state index in [2.05, 4.69) is 15.9 Å². The van der Waals surface area contributed by atoms with Gasteiger partial charge in [-0.15, -0.1) is 11.3 Å². The van der Waals surface area contributed by atoms with Crippen LogP contribution >= 0.6 is 27.3 Å². The van der Waals surface area contributed by atoms with Gasteiger partial charge in [-0.2, -0.15) is 0 Å². The third-order valence-corrected chi connectivity index (χ3v) is 3.75. The molecule has 1 aromatic heterocycles. The number of carboxylic acids is 1. The molecule has 0 unspecified atom stereocenters. The smallest absolute Gasteiger partial charge is 0.323 e. The zero-order chi connectivity index (χ0) is 13.7. The van der Waals surface area contributed by atoms with Gasteiger partial charge in [-0.25, -0.2) is 0 Å². The van der Waals surface area contributed by atoms with Gasteiger partial charge in [0, 0.05) is 18.5 Å². The Morgan fingerprint density at radius 3 is 2.50 bits per heavy atom. The molecule has 0 aliphatic carbocycles. The first kappa shape index (κ1) is 15.1. The Hall–Kier alpha value is -0.920. The number of aliphatic carboxylic acids is 1. The fraction of sp³-hybridized carbons (Fsp3) is 0.455. The fourth-order valence-corrected chi connectivity index (χ4v) is 2.47. The summed E-state index contributed by atoms with van der Waals surface area (Å²) >= 11 is 4.69. The highest BCUT2D eigenvalue weighted by atomic mass is 79.9. The van der Waals surface area contributed by atoms with Crippen LogP contribution in [0.4, 0.5) is 0 Å². The van der Waals surface area contributed by atoms with Gasteiger partial charge in [0.15, 0.2) is 0 Å². The van der Waals surface area contributed by atoms with E-state index in [-0.39, 0.29) is 12.5 Å². The number of likely N-dealkylation sites (N-methyl/N-ethyl adjacent to an activating group) is 1. The van der Waals surface area contributed by atoms with Crippen molar-refractivity contribution in [3.8, 4) is 0 Å². The molecule has 1 amide bonds. The highest BCUT2D eigenvalue weighted by Crippen LogP contribution is 2.21. The minimum Gasteiger partial charge on any atom is -0.480 e. The summed E-state index contributed by atoms with van der Waals surface area (Å²) in [5.74, 6) is -1.25. The molecule has 7 heteroatoms. The van der Waals surface area contributed by atoms with Crippen molar-refractivity contribution in [2.24, 2.45) is 0 Å². The Kier molecular flexibility index (Phi) is 5.77. The quantitative estimate of drug-likeness (QED) is 0.858. The number of nitrogens with zero attached hydrogens (tertiary/aromatic N) is 2. The molecule has 1 rings (SSSR count). The molecule has 0 aromatic carbocycles. The van der Waals surface area contributed by atoms with E-state index >= 15 is 0 Å². The second-order valence-electron chi connectivity index (χ2n) is 4.06. The maximum Gasteiger partial charge on any atom is 0.323 e. The standard InChI is InChI=1S/C11H15BrN2O3S/c1-13(2)3-4-14(6-10(15)16)11(17)8-5-9(12)18-7-8/h5,7H,3-4,6H2,1-2H3,(H,15,16). The van der Waals surface area contributed by atoms with Gasteiger partial charge < -0.3 is 14.9 Å². The van der Waals surface area contributed by atoms with E-state index in [4.69, 9.17) is 5.11 Å². The van der Waals surface area contributed by atoms with Crippen molar-refractivity contribution in [3.63, 3.8) is 0 Å². The summed E-state index contributed by atoms with van der Waals surface area (Å²) in [6.45, 7) is 0.746. The van der Waals surface area contributed by atoms with Crippen LogP contribution in [-0.4, -0.2) is 60.5 Å². The molecule has 18 heavy (non-hydrogen) atoms. The summed E-state index contributed by atoms with van der Waals surface area (Å²) in [6, 6.07) is 1.71. The molecule has 0 aliphatic heterocycles. The molecular weight excluding hydrogens is 320 g/mol. The lowest BCUT2D eigenvalue weighted by molar-refractivity contribution is -0.137. The number of halogens is 1. The molecule has 5 nitrogen and oxygen atoms in total. The highest BCUT2D eigenvalue weighted by Gasteiger charge is 2.19. The van der Waals surface area contributed by atoms with Gasteiger partial charge in [0.1, 0.15) is 6.54 Å². The summed E-state index contributed by atoms with van der Waals surface area (Å²) < 4.78 is 0.855. The van der Waals surface area contributed by atoms with Crippen molar-refractivity contribution < 1.29 is 14.7 Å². The van der Waals surface area contributed by atoms with E-state index in [9.17, 15) is 9.59 Å².